The molecule has 1 aromatic rings. The summed E-state index contributed by atoms with van der Waals surface area (Å²) in [5.74, 6) is 0. The van der Waals surface area contributed by atoms with E-state index >= 15 is 0 Å². The van der Waals surface area contributed by atoms with Gasteiger partial charge in [-0.25, -0.2) is 0 Å². The predicted molar refractivity (Wildman–Crippen MR) is 51.5 cm³/mol. The summed E-state index contributed by atoms with van der Waals surface area (Å²) in [6.45, 7) is 4.70. The summed E-state index contributed by atoms with van der Waals surface area (Å²) >= 11 is 5.97. The second kappa shape index (κ2) is 4.48. The molecule has 0 aliphatic heterocycles. The van der Waals surface area contributed by atoms with E-state index in [4.69, 9.17) is 16.3 Å². The fraction of sp³-hybridized carbons (Fsp3) is 0.400. The van der Waals surface area contributed by atoms with Crippen LogP contribution in [0.5, 0.6) is 0 Å². The normalized spacial score (nSPS) is 12.9. The first kappa shape index (κ1) is 9.56. The van der Waals surface area contributed by atoms with Gasteiger partial charge < -0.3 is 4.74 Å². The first-order valence-corrected chi connectivity index (χ1v) is 4.49. The highest BCUT2D eigenvalue weighted by Crippen LogP contribution is 2.24. The maximum absolute atomic E-state index is 5.97. The second-order valence-electron chi connectivity index (χ2n) is 2.62. The molecule has 1 rings (SSSR count). The van der Waals surface area contributed by atoms with Crippen molar-refractivity contribution in [1.29, 1.82) is 0 Å². The van der Waals surface area contributed by atoms with Crippen molar-refractivity contribution in [1.82, 2.24) is 0 Å². The Morgan fingerprint density at radius 3 is 2.67 bits per heavy atom. The minimum Gasteiger partial charge on any atom is -0.374 e. The summed E-state index contributed by atoms with van der Waals surface area (Å²) in [4.78, 5) is 0. The van der Waals surface area contributed by atoms with Crippen LogP contribution in [0.2, 0.25) is 5.02 Å². The van der Waals surface area contributed by atoms with Gasteiger partial charge in [-0.05, 0) is 25.5 Å². The fourth-order valence-electron chi connectivity index (χ4n) is 1.14. The molecule has 0 heterocycles. The number of halogens is 1. The lowest BCUT2D eigenvalue weighted by molar-refractivity contribution is 0.0765. The molecule has 0 aliphatic carbocycles. The molecule has 1 aromatic carbocycles. The van der Waals surface area contributed by atoms with Crippen molar-refractivity contribution in [3.63, 3.8) is 0 Å². The Balaban J connectivity index is 2.79. The van der Waals surface area contributed by atoms with E-state index in [1.54, 1.807) is 0 Å². The van der Waals surface area contributed by atoms with Gasteiger partial charge in [-0.15, -0.1) is 0 Å². The monoisotopic (exact) mass is 184 g/mol. The number of ether oxygens (including phenoxy) is 1. The maximum atomic E-state index is 5.97. The molecule has 0 radical (unpaired) electrons. The van der Waals surface area contributed by atoms with Gasteiger partial charge in [-0.2, -0.15) is 0 Å². The number of hydrogen-bond donors (Lipinski definition) is 0. The predicted octanol–water partition coefficient (Wildman–Crippen LogP) is 3.44. The topological polar surface area (TPSA) is 9.23 Å². The standard InChI is InChI=1S/C10H13ClO/c1-3-12-8(2)9-6-4-5-7-10(9)11/h4-8H,3H2,1-2H3. The van der Waals surface area contributed by atoms with E-state index in [0.29, 0.717) is 6.61 Å². The van der Waals surface area contributed by atoms with Crippen LogP contribution in [0.1, 0.15) is 25.5 Å². The highest BCUT2D eigenvalue weighted by molar-refractivity contribution is 6.31. The largest absolute Gasteiger partial charge is 0.374 e. The van der Waals surface area contributed by atoms with Gasteiger partial charge >= 0.3 is 0 Å². The fourth-order valence-corrected chi connectivity index (χ4v) is 1.43. The Hall–Kier alpha value is -0.530. The van der Waals surface area contributed by atoms with Crippen molar-refractivity contribution in [3.8, 4) is 0 Å². The van der Waals surface area contributed by atoms with Crippen molar-refractivity contribution in [3.05, 3.63) is 34.9 Å². The lowest BCUT2D eigenvalue weighted by Crippen LogP contribution is -1.99. The van der Waals surface area contributed by atoms with Crippen LogP contribution in [0.25, 0.3) is 0 Å². The molecular weight excluding hydrogens is 172 g/mol. The molecule has 12 heavy (non-hydrogen) atoms. The summed E-state index contributed by atoms with van der Waals surface area (Å²) < 4.78 is 5.42. The summed E-state index contributed by atoms with van der Waals surface area (Å²) in [5, 5.41) is 0.776. The van der Waals surface area contributed by atoms with Gasteiger partial charge in [0.25, 0.3) is 0 Å². The molecule has 0 saturated carbocycles. The lowest BCUT2D eigenvalue weighted by atomic mass is 10.1. The van der Waals surface area contributed by atoms with Crippen LogP contribution in [0.15, 0.2) is 24.3 Å². The average molecular weight is 185 g/mol. The van der Waals surface area contributed by atoms with Gasteiger partial charge in [0.15, 0.2) is 0 Å². The molecule has 0 saturated heterocycles. The minimum absolute atomic E-state index is 0.0868. The van der Waals surface area contributed by atoms with Gasteiger partial charge in [0.1, 0.15) is 0 Å². The van der Waals surface area contributed by atoms with Gasteiger partial charge in [0, 0.05) is 11.6 Å². The molecular formula is C10H13ClO. The number of rotatable bonds is 3. The van der Waals surface area contributed by atoms with Crippen LogP contribution < -0.4 is 0 Å². The van der Waals surface area contributed by atoms with Crippen LogP contribution in [-0.2, 0) is 4.74 Å². The van der Waals surface area contributed by atoms with Crippen LogP contribution in [0.3, 0.4) is 0 Å². The summed E-state index contributed by atoms with van der Waals surface area (Å²) in [5.41, 5.74) is 1.06. The van der Waals surface area contributed by atoms with E-state index < -0.39 is 0 Å². The van der Waals surface area contributed by atoms with Gasteiger partial charge in [0.05, 0.1) is 6.10 Å². The zero-order chi connectivity index (χ0) is 8.97. The van der Waals surface area contributed by atoms with Crippen LogP contribution in [0.4, 0.5) is 0 Å². The molecule has 0 spiro atoms. The van der Waals surface area contributed by atoms with E-state index in [2.05, 4.69) is 0 Å². The van der Waals surface area contributed by atoms with Crippen LogP contribution in [-0.4, -0.2) is 6.61 Å². The molecule has 0 fully saturated rings. The highest BCUT2D eigenvalue weighted by Gasteiger charge is 2.07. The third-order valence-corrected chi connectivity index (χ3v) is 2.10. The third kappa shape index (κ3) is 2.23. The Morgan fingerprint density at radius 1 is 1.42 bits per heavy atom. The molecule has 0 bridgehead atoms. The third-order valence-electron chi connectivity index (χ3n) is 1.76. The van der Waals surface area contributed by atoms with Crippen molar-refractivity contribution in [2.75, 3.05) is 6.61 Å². The maximum Gasteiger partial charge on any atom is 0.0811 e. The molecule has 0 N–H and O–H groups in total. The lowest BCUT2D eigenvalue weighted by Gasteiger charge is -2.12. The first-order valence-electron chi connectivity index (χ1n) is 4.11. The van der Waals surface area contributed by atoms with Crippen LogP contribution in [0, 0.1) is 0 Å². The highest BCUT2D eigenvalue weighted by atomic mass is 35.5. The van der Waals surface area contributed by atoms with E-state index in [-0.39, 0.29) is 6.10 Å². The molecule has 0 aliphatic rings. The van der Waals surface area contributed by atoms with Crippen molar-refractivity contribution in [2.24, 2.45) is 0 Å². The zero-order valence-corrected chi connectivity index (χ0v) is 8.14. The van der Waals surface area contributed by atoms with Gasteiger partial charge in [-0.3, -0.25) is 0 Å². The Labute approximate surface area is 78.3 Å². The van der Waals surface area contributed by atoms with E-state index in [1.165, 1.54) is 0 Å². The van der Waals surface area contributed by atoms with Crippen molar-refractivity contribution in [2.45, 2.75) is 20.0 Å². The molecule has 66 valence electrons. The van der Waals surface area contributed by atoms with Crippen LogP contribution >= 0.6 is 11.6 Å². The summed E-state index contributed by atoms with van der Waals surface area (Å²) in [6.07, 6.45) is 0.0868. The Bertz CT molecular complexity index is 247. The molecule has 1 unspecified atom stereocenters. The molecule has 1 nitrogen and oxygen atoms in total. The van der Waals surface area contributed by atoms with Crippen molar-refractivity contribution < 1.29 is 4.74 Å². The van der Waals surface area contributed by atoms with E-state index in [1.807, 2.05) is 38.1 Å². The van der Waals surface area contributed by atoms with Gasteiger partial charge in [0.2, 0.25) is 0 Å². The SMILES string of the molecule is CCOC(C)c1ccccc1Cl. The Kier molecular flexibility index (Phi) is 3.57. The zero-order valence-electron chi connectivity index (χ0n) is 7.38. The molecule has 2 heteroatoms. The molecule has 1 atom stereocenters. The summed E-state index contributed by atoms with van der Waals surface area (Å²) in [6, 6.07) is 7.76. The van der Waals surface area contributed by atoms with Gasteiger partial charge in [-0.1, -0.05) is 29.8 Å². The first-order chi connectivity index (χ1) is 5.75. The Morgan fingerprint density at radius 2 is 2.08 bits per heavy atom. The summed E-state index contributed by atoms with van der Waals surface area (Å²) in [7, 11) is 0. The number of benzene rings is 1. The van der Waals surface area contributed by atoms with Crippen molar-refractivity contribution >= 4 is 11.6 Å². The quantitative estimate of drug-likeness (QED) is 0.700. The van der Waals surface area contributed by atoms with E-state index in [0.717, 1.165) is 10.6 Å². The molecule has 0 aromatic heterocycles. The number of hydrogen-bond acceptors (Lipinski definition) is 1. The second-order valence-corrected chi connectivity index (χ2v) is 3.03. The smallest absolute Gasteiger partial charge is 0.0811 e. The average Bonchev–Trinajstić information content (AvgIpc) is 2.05. The minimum atomic E-state index is 0.0868. The van der Waals surface area contributed by atoms with E-state index in [9.17, 15) is 0 Å². The molecule has 0 amide bonds.